The largest absolute Gasteiger partial charge is 0.381 e. The van der Waals surface area contributed by atoms with E-state index in [-0.39, 0.29) is 11.4 Å². The topological polar surface area (TPSA) is 64.7 Å². The fraction of sp³-hybridized carbons (Fsp3) is 0.722. The lowest BCUT2D eigenvalue weighted by Gasteiger charge is -2.35. The van der Waals surface area contributed by atoms with Crippen molar-refractivity contribution in [3.05, 3.63) is 22.4 Å². The Morgan fingerprint density at radius 2 is 2.04 bits per heavy atom. The molecule has 0 N–H and O–H groups in total. The van der Waals surface area contributed by atoms with Gasteiger partial charge >= 0.3 is 0 Å². The molecule has 0 aromatic carbocycles. The Kier molecular flexibility index (Phi) is 4.65. The van der Waals surface area contributed by atoms with Crippen LogP contribution in [0.15, 0.2) is 11.0 Å². The first-order valence-electron chi connectivity index (χ1n) is 9.55. The van der Waals surface area contributed by atoms with E-state index in [1.165, 1.54) is 11.1 Å². The second-order valence-electron chi connectivity index (χ2n) is 7.95. The van der Waals surface area contributed by atoms with E-state index >= 15 is 0 Å². The number of nitrogens with zero attached hydrogens (tertiary/aromatic N) is 5. The normalized spacial score (nSPS) is 20.4. The quantitative estimate of drug-likeness (QED) is 0.813. The first kappa shape index (κ1) is 18.3. The summed E-state index contributed by atoms with van der Waals surface area (Å²) in [5.41, 5.74) is -0.207. The van der Waals surface area contributed by atoms with Crippen molar-refractivity contribution in [3.8, 4) is 0 Å². The molecule has 0 atom stereocenters. The number of hydrogen-bond acceptors (Lipinski definition) is 5. The predicted octanol–water partition coefficient (Wildman–Crippen LogP) is 2.29. The van der Waals surface area contributed by atoms with Crippen molar-refractivity contribution < 1.29 is 13.5 Å². The molecule has 1 saturated heterocycles. The van der Waals surface area contributed by atoms with Crippen LogP contribution in [0.3, 0.4) is 0 Å². The molecule has 9 heteroatoms. The van der Waals surface area contributed by atoms with Gasteiger partial charge in [0.1, 0.15) is 5.82 Å². The van der Waals surface area contributed by atoms with Crippen LogP contribution in [0.2, 0.25) is 0 Å². The van der Waals surface area contributed by atoms with Crippen LogP contribution in [0.1, 0.15) is 44.9 Å². The highest BCUT2D eigenvalue weighted by molar-refractivity contribution is 5.47. The molecule has 0 amide bonds. The lowest BCUT2D eigenvalue weighted by Crippen LogP contribution is -2.50. The molecule has 1 fully saturated rings. The Morgan fingerprint density at radius 3 is 2.74 bits per heavy atom. The van der Waals surface area contributed by atoms with E-state index in [2.05, 4.69) is 10.1 Å². The Bertz CT molecular complexity index is 886. The highest BCUT2D eigenvalue weighted by Crippen LogP contribution is 2.30. The van der Waals surface area contributed by atoms with Gasteiger partial charge in [-0.3, -0.25) is 9.36 Å². The molecule has 0 bridgehead atoms. The Hall–Kier alpha value is -2.03. The number of rotatable bonds is 4. The number of anilines is 1. The van der Waals surface area contributed by atoms with E-state index < -0.39 is 24.6 Å². The molecule has 4 rings (SSSR count). The highest BCUT2D eigenvalue weighted by atomic mass is 19.3. The number of alkyl halides is 2. The van der Waals surface area contributed by atoms with Gasteiger partial charge in [-0.15, -0.1) is 5.10 Å². The van der Waals surface area contributed by atoms with Crippen LogP contribution in [0.25, 0.3) is 5.52 Å². The molecular weight excluding hydrogens is 356 g/mol. The minimum Gasteiger partial charge on any atom is -0.381 e. The lowest BCUT2D eigenvalue weighted by atomic mass is 10.00. The summed E-state index contributed by atoms with van der Waals surface area (Å²) in [5.74, 6) is -1.40. The van der Waals surface area contributed by atoms with Crippen molar-refractivity contribution in [1.29, 1.82) is 0 Å². The number of hydrogen-bond donors (Lipinski definition) is 0. The molecule has 2 aliphatic heterocycles. The summed E-state index contributed by atoms with van der Waals surface area (Å²) < 4.78 is 36.6. The summed E-state index contributed by atoms with van der Waals surface area (Å²) in [6, 6.07) is 0. The summed E-state index contributed by atoms with van der Waals surface area (Å²) in [6.07, 6.45) is 3.84. The summed E-state index contributed by atoms with van der Waals surface area (Å²) in [4.78, 5) is 18.9. The zero-order valence-corrected chi connectivity index (χ0v) is 15.7. The standard InChI is InChI=1S/C18H25F2N5O2/c1-12(2)3-6-23-10-18(19,20)11-24-16(26)14-9-21-15(25(14)22-17(23)24)13-4-7-27-8-5-13/h9,12-13H,3-8,10-11H2,1-2H3. The third kappa shape index (κ3) is 3.44. The zero-order valence-electron chi connectivity index (χ0n) is 15.7. The van der Waals surface area contributed by atoms with Gasteiger partial charge < -0.3 is 9.64 Å². The van der Waals surface area contributed by atoms with Crippen molar-refractivity contribution in [2.45, 2.75) is 51.5 Å². The van der Waals surface area contributed by atoms with Crippen molar-refractivity contribution >= 4 is 11.5 Å². The van der Waals surface area contributed by atoms with Gasteiger partial charge in [0.05, 0.1) is 19.3 Å². The minimum atomic E-state index is -2.96. The molecular formula is C18H25F2N5O2. The minimum absolute atomic E-state index is 0.158. The maximum absolute atomic E-state index is 14.3. The number of ether oxygens (including phenoxy) is 1. The van der Waals surface area contributed by atoms with E-state index in [1.807, 2.05) is 13.8 Å². The van der Waals surface area contributed by atoms with Crippen LogP contribution in [0.4, 0.5) is 14.7 Å². The smallest absolute Gasteiger partial charge is 0.283 e. The Labute approximate surface area is 155 Å². The van der Waals surface area contributed by atoms with Crippen molar-refractivity contribution in [2.24, 2.45) is 5.92 Å². The predicted molar refractivity (Wildman–Crippen MR) is 96.7 cm³/mol. The fourth-order valence-electron chi connectivity index (χ4n) is 3.82. The van der Waals surface area contributed by atoms with E-state index in [9.17, 15) is 13.6 Å². The van der Waals surface area contributed by atoms with Gasteiger partial charge in [0.15, 0.2) is 5.52 Å². The first-order chi connectivity index (χ1) is 12.9. The molecule has 0 saturated carbocycles. The molecule has 148 valence electrons. The number of halogens is 2. The summed E-state index contributed by atoms with van der Waals surface area (Å²) >= 11 is 0. The maximum atomic E-state index is 14.3. The first-order valence-corrected chi connectivity index (χ1v) is 9.55. The molecule has 4 heterocycles. The van der Waals surface area contributed by atoms with E-state index in [0.29, 0.717) is 31.6 Å². The molecule has 7 nitrogen and oxygen atoms in total. The molecule has 0 spiro atoms. The summed E-state index contributed by atoms with van der Waals surface area (Å²) in [7, 11) is 0. The van der Waals surface area contributed by atoms with Gasteiger partial charge in [-0.2, -0.15) is 0 Å². The second kappa shape index (κ2) is 6.85. The molecule has 2 aromatic heterocycles. The van der Waals surface area contributed by atoms with Gasteiger partial charge in [-0.1, -0.05) is 13.8 Å². The Morgan fingerprint density at radius 1 is 1.30 bits per heavy atom. The molecule has 2 aliphatic rings. The lowest BCUT2D eigenvalue weighted by molar-refractivity contribution is -0.0179. The van der Waals surface area contributed by atoms with Gasteiger partial charge in [-0.25, -0.2) is 18.3 Å². The van der Waals surface area contributed by atoms with Crippen molar-refractivity contribution in [1.82, 2.24) is 19.2 Å². The third-order valence-electron chi connectivity index (χ3n) is 5.32. The molecule has 0 radical (unpaired) electrons. The maximum Gasteiger partial charge on any atom is 0.283 e. The number of fused-ring (bicyclic) bond motifs is 2. The van der Waals surface area contributed by atoms with Crippen molar-refractivity contribution in [3.63, 3.8) is 0 Å². The molecule has 0 aliphatic carbocycles. The van der Waals surface area contributed by atoms with Crippen LogP contribution in [-0.4, -0.2) is 51.4 Å². The zero-order chi connectivity index (χ0) is 19.2. The van der Waals surface area contributed by atoms with Gasteiger partial charge in [0.25, 0.3) is 11.5 Å². The van der Waals surface area contributed by atoms with Gasteiger partial charge in [0.2, 0.25) is 5.95 Å². The number of imidazole rings is 1. The third-order valence-corrected chi connectivity index (χ3v) is 5.32. The summed E-state index contributed by atoms with van der Waals surface area (Å²) in [6.45, 7) is 4.77. The van der Waals surface area contributed by atoms with Crippen molar-refractivity contribution in [2.75, 3.05) is 31.2 Å². The van der Waals surface area contributed by atoms with Crippen LogP contribution < -0.4 is 10.5 Å². The average molecular weight is 381 g/mol. The van der Waals surface area contributed by atoms with E-state index in [4.69, 9.17) is 4.74 Å². The van der Waals surface area contributed by atoms with E-state index in [1.54, 1.807) is 4.52 Å². The highest BCUT2D eigenvalue weighted by Gasteiger charge is 2.40. The molecule has 0 unspecified atom stereocenters. The van der Waals surface area contributed by atoms with E-state index in [0.717, 1.165) is 29.7 Å². The van der Waals surface area contributed by atoms with Crippen LogP contribution in [0, 0.1) is 5.92 Å². The SMILES string of the molecule is CC(C)CCN1CC(F)(F)Cn2c1nn1c(C3CCOCC3)ncc1c2=O. The fourth-order valence-corrected chi connectivity index (χ4v) is 3.82. The van der Waals surface area contributed by atoms with Gasteiger partial charge in [0, 0.05) is 25.7 Å². The van der Waals surface area contributed by atoms with Crippen LogP contribution in [-0.2, 0) is 11.3 Å². The molecule has 2 aromatic rings. The second-order valence-corrected chi connectivity index (χ2v) is 7.95. The van der Waals surface area contributed by atoms with Crippen LogP contribution in [0.5, 0.6) is 0 Å². The molecule has 27 heavy (non-hydrogen) atoms. The number of aromatic nitrogens is 4. The van der Waals surface area contributed by atoms with Gasteiger partial charge in [-0.05, 0) is 25.2 Å². The van der Waals surface area contributed by atoms with Crippen LogP contribution >= 0.6 is 0 Å². The average Bonchev–Trinajstić information content (AvgIpc) is 3.05. The monoisotopic (exact) mass is 381 g/mol. The Balaban J connectivity index is 1.80. The summed E-state index contributed by atoms with van der Waals surface area (Å²) in [5, 5.41) is 4.61.